The summed E-state index contributed by atoms with van der Waals surface area (Å²) in [4.78, 5) is 21.7. The minimum absolute atomic E-state index is 0.0677. The highest BCUT2D eigenvalue weighted by Gasteiger charge is 2.30. The molecule has 5 rings (SSSR count). The number of benzene rings is 1. The van der Waals surface area contributed by atoms with Crippen LogP contribution in [0.1, 0.15) is 57.4 Å². The Morgan fingerprint density at radius 3 is 2.54 bits per heavy atom. The number of thiazole rings is 1. The van der Waals surface area contributed by atoms with Gasteiger partial charge in [0.15, 0.2) is 6.10 Å². The van der Waals surface area contributed by atoms with E-state index in [1.807, 2.05) is 0 Å². The number of nitrogens with zero attached hydrogens (tertiary/aromatic N) is 2. The SMILES string of the molecule is CC(C)(C)NS(=O)(=O)c1cc(Nc2ncco2)ccc1-c1cnc(C2CCC(NC(=O)OC3COC3)CC2)s1. The molecule has 0 unspecified atom stereocenters. The summed E-state index contributed by atoms with van der Waals surface area (Å²) in [6, 6.07) is 5.49. The standard InChI is InChI=1S/C26H33N5O6S2/c1-26(2,3)31-39(33,34)22-12-18(29-24-27-10-11-36-24)8-9-20(22)21-13-28-23(38-21)16-4-6-17(7-5-16)30-25(32)37-19-14-35-15-19/h8-13,16-17,19,31H,4-7,14-15H2,1-3H3,(H,27,29)(H,30,32). The van der Waals surface area contributed by atoms with E-state index in [9.17, 15) is 13.2 Å². The summed E-state index contributed by atoms with van der Waals surface area (Å²) < 4.78 is 45.3. The summed E-state index contributed by atoms with van der Waals surface area (Å²) in [7, 11) is -3.86. The summed E-state index contributed by atoms with van der Waals surface area (Å²) in [5.74, 6) is 0.247. The molecule has 0 spiro atoms. The Morgan fingerprint density at radius 1 is 1.13 bits per heavy atom. The van der Waals surface area contributed by atoms with E-state index in [4.69, 9.17) is 13.9 Å². The first-order valence-corrected chi connectivity index (χ1v) is 15.2. The lowest BCUT2D eigenvalue weighted by molar-refractivity contribution is -0.0985. The lowest BCUT2D eigenvalue weighted by atomic mass is 9.86. The normalized spacial score (nSPS) is 20.3. The van der Waals surface area contributed by atoms with E-state index in [1.165, 1.54) is 23.8 Å². The van der Waals surface area contributed by atoms with Crippen molar-refractivity contribution < 1.29 is 27.1 Å². The van der Waals surface area contributed by atoms with Crippen LogP contribution in [0, 0.1) is 0 Å². The van der Waals surface area contributed by atoms with Crippen LogP contribution in [0.15, 0.2) is 46.2 Å². The highest BCUT2D eigenvalue weighted by atomic mass is 32.2. The van der Waals surface area contributed by atoms with Gasteiger partial charge >= 0.3 is 6.09 Å². The molecule has 1 aliphatic carbocycles. The fourth-order valence-electron chi connectivity index (χ4n) is 4.61. The smallest absolute Gasteiger partial charge is 0.407 e. The van der Waals surface area contributed by atoms with Crippen LogP contribution in [0.4, 0.5) is 16.5 Å². The molecule has 1 amide bonds. The second-order valence-electron chi connectivity index (χ2n) is 10.8. The number of alkyl carbamates (subject to hydrolysis) is 1. The van der Waals surface area contributed by atoms with Gasteiger partial charge in [0.1, 0.15) is 6.26 Å². The first kappa shape index (κ1) is 27.6. The lowest BCUT2D eigenvalue weighted by Gasteiger charge is -2.30. The summed E-state index contributed by atoms with van der Waals surface area (Å²) in [5, 5.41) is 6.93. The van der Waals surface area contributed by atoms with Crippen molar-refractivity contribution in [3.8, 4) is 10.4 Å². The number of anilines is 2. The molecule has 3 aromatic rings. The number of hydrogen-bond acceptors (Lipinski definition) is 10. The number of carbonyl (C=O) groups excluding carboxylic acids is 1. The maximum Gasteiger partial charge on any atom is 0.407 e. The van der Waals surface area contributed by atoms with Crippen molar-refractivity contribution in [3.63, 3.8) is 0 Å². The van der Waals surface area contributed by atoms with Gasteiger partial charge in [-0.2, -0.15) is 0 Å². The van der Waals surface area contributed by atoms with E-state index in [0.29, 0.717) is 24.5 Å². The van der Waals surface area contributed by atoms with Crippen LogP contribution in [-0.4, -0.2) is 55.4 Å². The third kappa shape index (κ3) is 6.96. The predicted octanol–water partition coefficient (Wildman–Crippen LogP) is 4.77. The molecule has 39 heavy (non-hydrogen) atoms. The molecular formula is C26H33N5O6S2. The number of hydrogen-bond donors (Lipinski definition) is 3. The number of ether oxygens (including phenoxy) is 2. The summed E-state index contributed by atoms with van der Waals surface area (Å²) in [6.45, 7) is 6.33. The zero-order chi connectivity index (χ0) is 27.6. The first-order chi connectivity index (χ1) is 18.6. The third-order valence-corrected chi connectivity index (χ3v) is 9.45. The molecule has 3 heterocycles. The average molecular weight is 576 g/mol. The van der Waals surface area contributed by atoms with Crippen molar-refractivity contribution in [2.24, 2.45) is 0 Å². The largest absolute Gasteiger partial charge is 0.441 e. The molecule has 2 aliphatic rings. The molecule has 0 bridgehead atoms. The van der Waals surface area contributed by atoms with Crippen LogP contribution in [0.2, 0.25) is 0 Å². The van der Waals surface area contributed by atoms with Crippen LogP contribution < -0.4 is 15.4 Å². The van der Waals surface area contributed by atoms with Gasteiger partial charge in [0.25, 0.3) is 6.01 Å². The van der Waals surface area contributed by atoms with E-state index in [-0.39, 0.29) is 35.1 Å². The van der Waals surface area contributed by atoms with E-state index < -0.39 is 15.6 Å². The number of nitrogens with one attached hydrogen (secondary N) is 3. The van der Waals surface area contributed by atoms with Gasteiger partial charge in [-0.3, -0.25) is 0 Å². The van der Waals surface area contributed by atoms with Crippen molar-refractivity contribution in [1.82, 2.24) is 20.0 Å². The maximum atomic E-state index is 13.5. The van der Waals surface area contributed by atoms with Crippen molar-refractivity contribution in [2.75, 3.05) is 18.5 Å². The highest BCUT2D eigenvalue weighted by Crippen LogP contribution is 2.40. The number of amides is 1. The van der Waals surface area contributed by atoms with Crippen LogP contribution in [0.25, 0.3) is 10.4 Å². The minimum atomic E-state index is -3.86. The number of carbonyl (C=O) groups is 1. The van der Waals surface area contributed by atoms with E-state index in [1.54, 1.807) is 45.2 Å². The van der Waals surface area contributed by atoms with Gasteiger partial charge in [-0.1, -0.05) is 6.07 Å². The monoisotopic (exact) mass is 575 g/mol. The van der Waals surface area contributed by atoms with Crippen LogP contribution in [0.5, 0.6) is 0 Å². The molecule has 13 heteroatoms. The molecule has 0 radical (unpaired) electrons. The summed E-state index contributed by atoms with van der Waals surface area (Å²) in [6.07, 6.45) is 7.56. The van der Waals surface area contributed by atoms with Gasteiger partial charge in [0, 0.05) is 34.9 Å². The zero-order valence-electron chi connectivity index (χ0n) is 22.1. The van der Waals surface area contributed by atoms with Crippen molar-refractivity contribution in [1.29, 1.82) is 0 Å². The first-order valence-electron chi connectivity index (χ1n) is 12.9. The van der Waals surface area contributed by atoms with Crippen molar-refractivity contribution in [2.45, 2.75) is 75.0 Å². The summed E-state index contributed by atoms with van der Waals surface area (Å²) >= 11 is 1.51. The van der Waals surface area contributed by atoms with Crippen molar-refractivity contribution in [3.05, 3.63) is 41.9 Å². The van der Waals surface area contributed by atoms with Gasteiger partial charge < -0.3 is 24.5 Å². The maximum absolute atomic E-state index is 13.5. The Hall–Kier alpha value is -3.00. The third-order valence-electron chi connectivity index (χ3n) is 6.46. The van der Waals surface area contributed by atoms with Gasteiger partial charge in [0.05, 0.1) is 34.2 Å². The molecular weight excluding hydrogens is 542 g/mol. The van der Waals surface area contributed by atoms with Gasteiger partial charge in [-0.05, 0) is 58.6 Å². The number of aromatic nitrogens is 2. The number of oxazole rings is 1. The van der Waals surface area contributed by atoms with Crippen LogP contribution in [-0.2, 0) is 19.5 Å². The number of rotatable bonds is 8. The van der Waals surface area contributed by atoms with E-state index >= 15 is 0 Å². The van der Waals surface area contributed by atoms with Crippen molar-refractivity contribution >= 4 is 39.2 Å². The Kier molecular flexibility index (Phi) is 7.94. The molecule has 0 atom stereocenters. The molecule has 3 N–H and O–H groups in total. The lowest BCUT2D eigenvalue weighted by Crippen LogP contribution is -2.44. The molecule has 1 aromatic carbocycles. The minimum Gasteiger partial charge on any atom is -0.441 e. The molecule has 1 saturated carbocycles. The quantitative estimate of drug-likeness (QED) is 0.346. The number of sulfonamides is 1. The Bertz CT molecular complexity index is 1390. The van der Waals surface area contributed by atoms with Crippen LogP contribution >= 0.6 is 11.3 Å². The average Bonchev–Trinajstić information content (AvgIpc) is 3.53. The fraction of sp³-hybridized carbons (Fsp3) is 0.500. The fourth-order valence-corrected chi connectivity index (χ4v) is 7.47. The Morgan fingerprint density at radius 2 is 1.90 bits per heavy atom. The molecule has 1 aliphatic heterocycles. The highest BCUT2D eigenvalue weighted by molar-refractivity contribution is 7.89. The van der Waals surface area contributed by atoms with Gasteiger partial charge in [0.2, 0.25) is 10.0 Å². The zero-order valence-corrected chi connectivity index (χ0v) is 23.7. The second-order valence-corrected chi connectivity index (χ2v) is 13.6. The van der Waals surface area contributed by atoms with Gasteiger partial charge in [-0.15, -0.1) is 11.3 Å². The topological polar surface area (TPSA) is 145 Å². The van der Waals surface area contributed by atoms with Crippen LogP contribution in [0.3, 0.4) is 0 Å². The predicted molar refractivity (Wildman–Crippen MR) is 147 cm³/mol. The Labute approximate surface area is 231 Å². The van der Waals surface area contributed by atoms with E-state index in [2.05, 4.69) is 25.3 Å². The molecule has 11 nitrogen and oxygen atoms in total. The molecule has 1 saturated heterocycles. The second kappa shape index (κ2) is 11.2. The summed E-state index contributed by atoms with van der Waals surface area (Å²) in [5.41, 5.74) is 0.451. The molecule has 2 fully saturated rings. The molecule has 210 valence electrons. The molecule has 2 aromatic heterocycles. The van der Waals surface area contributed by atoms with Gasteiger partial charge in [-0.25, -0.2) is 27.9 Å². The van der Waals surface area contributed by atoms with E-state index in [0.717, 1.165) is 35.6 Å². The Balaban J connectivity index is 1.31.